The van der Waals surface area contributed by atoms with Gasteiger partial charge in [0.1, 0.15) is 0 Å². The average Bonchev–Trinajstić information content (AvgIpc) is 2.54. The molecule has 0 aliphatic carbocycles. The molecule has 4 nitrogen and oxygen atoms in total. The van der Waals surface area contributed by atoms with E-state index in [1.165, 1.54) is 11.1 Å². The van der Waals surface area contributed by atoms with Crippen LogP contribution in [0.5, 0.6) is 0 Å². The van der Waals surface area contributed by atoms with Crippen molar-refractivity contribution in [2.75, 3.05) is 13.1 Å². The first-order valence-corrected chi connectivity index (χ1v) is 8.65. The lowest BCUT2D eigenvalue weighted by Gasteiger charge is -2.27. The van der Waals surface area contributed by atoms with Gasteiger partial charge in [-0.05, 0) is 49.8 Å². The number of rotatable bonds is 6. The molecule has 1 atom stereocenters. The van der Waals surface area contributed by atoms with Gasteiger partial charge in [-0.1, -0.05) is 25.1 Å². The normalized spacial score (nSPS) is 16.3. The van der Waals surface area contributed by atoms with Crippen LogP contribution in [-0.4, -0.2) is 29.8 Å². The molecule has 2 rings (SSSR count). The van der Waals surface area contributed by atoms with Crippen molar-refractivity contribution < 1.29 is 9.59 Å². The van der Waals surface area contributed by atoms with Crippen molar-refractivity contribution in [1.82, 2.24) is 10.2 Å². The van der Waals surface area contributed by atoms with Crippen LogP contribution < -0.4 is 5.32 Å². The molecule has 23 heavy (non-hydrogen) atoms. The van der Waals surface area contributed by atoms with Gasteiger partial charge in [-0.3, -0.25) is 9.59 Å². The van der Waals surface area contributed by atoms with E-state index in [0.717, 1.165) is 31.4 Å². The molecule has 4 heteroatoms. The van der Waals surface area contributed by atoms with Gasteiger partial charge in [0.15, 0.2) is 0 Å². The predicted molar refractivity (Wildman–Crippen MR) is 92.1 cm³/mol. The molecular formula is C19H28N2O2. The molecule has 1 N–H and O–H groups in total. The number of carbonyl (C=O) groups excluding carboxylic acids is 2. The SMILES string of the molecule is CCC(NC(=O)CCN1CCCCC1=O)c1ccc(C)c(C)c1. The third kappa shape index (κ3) is 4.81. The highest BCUT2D eigenvalue weighted by Crippen LogP contribution is 2.20. The molecule has 0 bridgehead atoms. The fourth-order valence-corrected chi connectivity index (χ4v) is 3.00. The monoisotopic (exact) mass is 316 g/mol. The predicted octanol–water partition coefficient (Wildman–Crippen LogP) is 3.27. The first kappa shape index (κ1) is 17.5. The highest BCUT2D eigenvalue weighted by atomic mass is 16.2. The van der Waals surface area contributed by atoms with Gasteiger partial charge in [-0.15, -0.1) is 0 Å². The minimum absolute atomic E-state index is 0.0217. The lowest BCUT2D eigenvalue weighted by atomic mass is 9.99. The molecule has 1 fully saturated rings. The molecule has 2 amide bonds. The van der Waals surface area contributed by atoms with Crippen molar-refractivity contribution in [3.8, 4) is 0 Å². The molecule has 1 saturated heterocycles. The third-order valence-corrected chi connectivity index (χ3v) is 4.71. The molecule has 1 heterocycles. The summed E-state index contributed by atoms with van der Waals surface area (Å²) in [5, 5.41) is 3.11. The standard InChI is InChI=1S/C19H28N2O2/c1-4-17(16-9-8-14(2)15(3)13-16)20-18(22)10-12-21-11-6-5-7-19(21)23/h8-9,13,17H,4-7,10-12H2,1-3H3,(H,20,22). The minimum atomic E-state index is 0.0217. The van der Waals surface area contributed by atoms with Crippen molar-refractivity contribution in [2.45, 2.75) is 58.9 Å². The quantitative estimate of drug-likeness (QED) is 0.875. The molecule has 0 spiro atoms. The maximum Gasteiger partial charge on any atom is 0.222 e. The highest BCUT2D eigenvalue weighted by molar-refractivity contribution is 5.79. The highest BCUT2D eigenvalue weighted by Gasteiger charge is 2.19. The van der Waals surface area contributed by atoms with Crippen molar-refractivity contribution in [2.24, 2.45) is 0 Å². The molecule has 0 radical (unpaired) electrons. The lowest BCUT2D eigenvalue weighted by molar-refractivity contribution is -0.133. The zero-order valence-electron chi connectivity index (χ0n) is 14.5. The van der Waals surface area contributed by atoms with Crippen LogP contribution in [0, 0.1) is 13.8 Å². The maximum atomic E-state index is 12.2. The maximum absolute atomic E-state index is 12.2. The van der Waals surface area contributed by atoms with E-state index in [2.05, 4.69) is 44.3 Å². The van der Waals surface area contributed by atoms with Crippen LogP contribution in [0.25, 0.3) is 0 Å². The molecule has 1 aromatic carbocycles. The van der Waals surface area contributed by atoms with Gasteiger partial charge < -0.3 is 10.2 Å². The third-order valence-electron chi connectivity index (χ3n) is 4.71. The summed E-state index contributed by atoms with van der Waals surface area (Å²) in [5.41, 5.74) is 3.66. The molecule has 126 valence electrons. The summed E-state index contributed by atoms with van der Waals surface area (Å²) in [6.07, 6.45) is 3.89. The Morgan fingerprint density at radius 2 is 2.04 bits per heavy atom. The summed E-state index contributed by atoms with van der Waals surface area (Å²) in [5.74, 6) is 0.207. The summed E-state index contributed by atoms with van der Waals surface area (Å²) in [6, 6.07) is 6.38. The number of carbonyl (C=O) groups is 2. The van der Waals surface area contributed by atoms with Gasteiger partial charge in [0.2, 0.25) is 11.8 Å². The van der Waals surface area contributed by atoms with Crippen molar-refractivity contribution in [1.29, 1.82) is 0 Å². The van der Waals surface area contributed by atoms with Gasteiger partial charge >= 0.3 is 0 Å². The molecule has 1 aliphatic heterocycles. The van der Waals surface area contributed by atoms with E-state index in [0.29, 0.717) is 19.4 Å². The second kappa shape index (κ2) is 8.14. The van der Waals surface area contributed by atoms with Gasteiger partial charge in [-0.2, -0.15) is 0 Å². The van der Waals surface area contributed by atoms with Crippen molar-refractivity contribution in [3.63, 3.8) is 0 Å². The minimum Gasteiger partial charge on any atom is -0.349 e. The zero-order chi connectivity index (χ0) is 16.8. The van der Waals surface area contributed by atoms with Crippen molar-refractivity contribution in [3.05, 3.63) is 34.9 Å². The summed E-state index contributed by atoms with van der Waals surface area (Å²) in [6.45, 7) is 7.59. The molecule has 1 aliphatic rings. The molecule has 0 aromatic heterocycles. The average molecular weight is 316 g/mol. The van der Waals surface area contributed by atoms with E-state index >= 15 is 0 Å². The number of hydrogen-bond donors (Lipinski definition) is 1. The second-order valence-electron chi connectivity index (χ2n) is 6.46. The Balaban J connectivity index is 1.89. The number of benzene rings is 1. The topological polar surface area (TPSA) is 49.4 Å². The molecule has 1 unspecified atom stereocenters. The lowest BCUT2D eigenvalue weighted by Crippen LogP contribution is -2.38. The summed E-state index contributed by atoms with van der Waals surface area (Å²) in [4.78, 5) is 25.8. The fraction of sp³-hybridized carbons (Fsp3) is 0.579. The largest absolute Gasteiger partial charge is 0.349 e. The van der Waals surface area contributed by atoms with Crippen molar-refractivity contribution >= 4 is 11.8 Å². The van der Waals surface area contributed by atoms with Crippen LogP contribution >= 0.6 is 0 Å². The number of amides is 2. The second-order valence-corrected chi connectivity index (χ2v) is 6.46. The Morgan fingerprint density at radius 1 is 1.26 bits per heavy atom. The first-order valence-electron chi connectivity index (χ1n) is 8.65. The smallest absolute Gasteiger partial charge is 0.222 e. The Bertz CT molecular complexity index is 568. The molecule has 0 saturated carbocycles. The first-order chi connectivity index (χ1) is 11.0. The Labute approximate surface area is 139 Å². The van der Waals surface area contributed by atoms with Crippen LogP contribution in [-0.2, 0) is 9.59 Å². The van der Waals surface area contributed by atoms with Crippen LogP contribution in [0.1, 0.15) is 61.8 Å². The van der Waals surface area contributed by atoms with Crippen LogP contribution in [0.15, 0.2) is 18.2 Å². The molecular weight excluding hydrogens is 288 g/mol. The van der Waals surface area contributed by atoms with E-state index in [9.17, 15) is 9.59 Å². The van der Waals surface area contributed by atoms with Gasteiger partial charge in [-0.25, -0.2) is 0 Å². The summed E-state index contributed by atoms with van der Waals surface area (Å²) < 4.78 is 0. The Morgan fingerprint density at radius 3 is 2.70 bits per heavy atom. The van der Waals surface area contributed by atoms with Gasteiger partial charge in [0.25, 0.3) is 0 Å². The van der Waals surface area contributed by atoms with E-state index in [1.54, 1.807) is 0 Å². The Kier molecular flexibility index (Phi) is 6.20. The van der Waals surface area contributed by atoms with E-state index in [1.807, 2.05) is 4.90 Å². The zero-order valence-corrected chi connectivity index (χ0v) is 14.5. The van der Waals surface area contributed by atoms with E-state index in [4.69, 9.17) is 0 Å². The number of aryl methyl sites for hydroxylation is 2. The summed E-state index contributed by atoms with van der Waals surface area (Å²) in [7, 11) is 0. The number of likely N-dealkylation sites (tertiary alicyclic amines) is 1. The molecule has 1 aromatic rings. The number of nitrogens with one attached hydrogen (secondary N) is 1. The number of hydrogen-bond acceptors (Lipinski definition) is 2. The number of nitrogens with zero attached hydrogens (tertiary/aromatic N) is 1. The Hall–Kier alpha value is -1.84. The van der Waals surface area contributed by atoms with Crippen LogP contribution in [0.2, 0.25) is 0 Å². The number of piperidine rings is 1. The van der Waals surface area contributed by atoms with Gasteiger partial charge in [0.05, 0.1) is 6.04 Å². The van der Waals surface area contributed by atoms with Crippen LogP contribution in [0.3, 0.4) is 0 Å². The fourth-order valence-electron chi connectivity index (χ4n) is 3.00. The van der Waals surface area contributed by atoms with Gasteiger partial charge in [0, 0.05) is 25.9 Å². The van der Waals surface area contributed by atoms with E-state index < -0.39 is 0 Å². The summed E-state index contributed by atoms with van der Waals surface area (Å²) >= 11 is 0. The van der Waals surface area contributed by atoms with Crippen LogP contribution in [0.4, 0.5) is 0 Å². The van der Waals surface area contributed by atoms with E-state index in [-0.39, 0.29) is 17.9 Å².